The van der Waals surface area contributed by atoms with E-state index in [0.717, 1.165) is 11.1 Å². The van der Waals surface area contributed by atoms with Crippen LogP contribution in [-0.4, -0.2) is 26.0 Å². The van der Waals surface area contributed by atoms with Crippen LogP contribution in [-0.2, 0) is 9.47 Å². The Balaban J connectivity index is 2.23. The van der Waals surface area contributed by atoms with Gasteiger partial charge in [0.1, 0.15) is 11.3 Å². The molecule has 1 aliphatic heterocycles. The number of nitriles is 2. The monoisotopic (exact) mass is 296 g/mol. The Hall–Kier alpha value is -2.41. The standard InChI is InChI=1S/C16H16N4O2/c1-10-4-6-11(7-5-10)12-14(8-17)13(19)20-16(21-2,22-3)15(12,14)9-18/h4-7,12H,1-3H3,(H2,19,20)/t12-,14+,15+/m0/s1. The first-order valence-electron chi connectivity index (χ1n) is 6.85. The molecule has 6 heteroatoms. The molecule has 0 aromatic heterocycles. The van der Waals surface area contributed by atoms with Gasteiger partial charge in [-0.05, 0) is 12.5 Å². The molecule has 1 saturated carbocycles. The normalized spacial score (nSPS) is 34.2. The van der Waals surface area contributed by atoms with E-state index in [9.17, 15) is 10.5 Å². The maximum absolute atomic E-state index is 9.88. The molecule has 0 bridgehead atoms. The van der Waals surface area contributed by atoms with Crippen LogP contribution in [0.3, 0.4) is 0 Å². The summed E-state index contributed by atoms with van der Waals surface area (Å²) in [5.74, 6) is -1.91. The summed E-state index contributed by atoms with van der Waals surface area (Å²) in [5.41, 5.74) is 5.47. The predicted octanol–water partition coefficient (Wildman–Crippen LogP) is 1.43. The molecule has 112 valence electrons. The van der Waals surface area contributed by atoms with Crippen LogP contribution in [0.15, 0.2) is 29.3 Å². The van der Waals surface area contributed by atoms with Crippen LogP contribution in [0.2, 0.25) is 0 Å². The number of methoxy groups -OCH3 is 2. The van der Waals surface area contributed by atoms with Gasteiger partial charge in [-0.1, -0.05) is 29.8 Å². The second-order valence-corrected chi connectivity index (χ2v) is 5.67. The van der Waals surface area contributed by atoms with Crippen LogP contribution < -0.4 is 5.73 Å². The van der Waals surface area contributed by atoms with E-state index in [1.54, 1.807) is 0 Å². The number of amidine groups is 1. The third kappa shape index (κ3) is 1.24. The second-order valence-electron chi connectivity index (χ2n) is 5.67. The summed E-state index contributed by atoms with van der Waals surface area (Å²) in [6, 6.07) is 12.1. The lowest BCUT2D eigenvalue weighted by Gasteiger charge is -2.29. The van der Waals surface area contributed by atoms with Gasteiger partial charge in [-0.25, -0.2) is 4.99 Å². The minimum absolute atomic E-state index is 0.0887. The third-order valence-corrected chi connectivity index (χ3v) is 4.89. The van der Waals surface area contributed by atoms with Crippen molar-refractivity contribution >= 4 is 5.84 Å². The Kier molecular flexibility index (Phi) is 2.84. The van der Waals surface area contributed by atoms with Gasteiger partial charge in [0.15, 0.2) is 5.41 Å². The molecule has 1 aliphatic carbocycles. The minimum atomic E-state index is -1.56. The molecule has 0 saturated heterocycles. The first-order valence-corrected chi connectivity index (χ1v) is 6.85. The second kappa shape index (κ2) is 4.30. The van der Waals surface area contributed by atoms with E-state index in [2.05, 4.69) is 17.1 Å². The van der Waals surface area contributed by atoms with Crippen molar-refractivity contribution in [1.82, 2.24) is 0 Å². The number of nitrogens with zero attached hydrogens (tertiary/aromatic N) is 3. The lowest BCUT2D eigenvalue weighted by Crippen LogP contribution is -2.41. The van der Waals surface area contributed by atoms with E-state index < -0.39 is 22.7 Å². The maximum atomic E-state index is 9.88. The highest BCUT2D eigenvalue weighted by atomic mass is 16.7. The molecule has 1 fully saturated rings. The van der Waals surface area contributed by atoms with E-state index >= 15 is 0 Å². The van der Waals surface area contributed by atoms with Crippen molar-refractivity contribution in [3.8, 4) is 12.1 Å². The summed E-state index contributed by atoms with van der Waals surface area (Å²) >= 11 is 0. The number of aryl methyl sites for hydroxylation is 1. The molecule has 0 radical (unpaired) electrons. The van der Waals surface area contributed by atoms with E-state index in [-0.39, 0.29) is 5.84 Å². The zero-order chi connectivity index (χ0) is 16.2. The quantitative estimate of drug-likeness (QED) is 0.849. The highest BCUT2D eigenvalue weighted by molar-refractivity contribution is 6.00. The molecule has 0 amide bonds. The van der Waals surface area contributed by atoms with Crippen LogP contribution >= 0.6 is 0 Å². The smallest absolute Gasteiger partial charge is 0.292 e. The summed E-state index contributed by atoms with van der Waals surface area (Å²) < 4.78 is 10.8. The van der Waals surface area contributed by atoms with Gasteiger partial charge in [0.05, 0.1) is 12.1 Å². The van der Waals surface area contributed by atoms with Gasteiger partial charge in [-0.15, -0.1) is 0 Å². The number of hydrogen-bond donors (Lipinski definition) is 1. The third-order valence-electron chi connectivity index (χ3n) is 4.89. The van der Waals surface area contributed by atoms with Crippen LogP contribution in [0.5, 0.6) is 0 Å². The molecule has 1 aromatic rings. The molecule has 2 aliphatic rings. The molecule has 2 N–H and O–H groups in total. The number of benzene rings is 1. The van der Waals surface area contributed by atoms with Gasteiger partial charge >= 0.3 is 0 Å². The summed E-state index contributed by atoms with van der Waals surface area (Å²) in [7, 11) is 2.80. The van der Waals surface area contributed by atoms with Crippen molar-refractivity contribution in [1.29, 1.82) is 10.5 Å². The Morgan fingerprint density at radius 1 is 1.14 bits per heavy atom. The lowest BCUT2D eigenvalue weighted by atomic mass is 9.93. The molecule has 6 nitrogen and oxygen atoms in total. The molecule has 3 rings (SSSR count). The van der Waals surface area contributed by atoms with Crippen molar-refractivity contribution in [2.75, 3.05) is 14.2 Å². The molecule has 22 heavy (non-hydrogen) atoms. The first-order chi connectivity index (χ1) is 10.5. The molecule has 1 heterocycles. The van der Waals surface area contributed by atoms with Gasteiger partial charge < -0.3 is 15.2 Å². The first kappa shape index (κ1) is 14.5. The average Bonchev–Trinajstić information content (AvgIpc) is 3.11. The van der Waals surface area contributed by atoms with Crippen molar-refractivity contribution < 1.29 is 9.47 Å². The molecule has 1 aromatic carbocycles. The van der Waals surface area contributed by atoms with E-state index in [0.29, 0.717) is 0 Å². The van der Waals surface area contributed by atoms with Crippen LogP contribution in [0.4, 0.5) is 0 Å². The minimum Gasteiger partial charge on any atom is -0.386 e. The van der Waals surface area contributed by atoms with Crippen molar-refractivity contribution in [2.45, 2.75) is 18.8 Å². The summed E-state index contributed by atoms with van der Waals surface area (Å²) in [6.07, 6.45) is 0. The molecular formula is C16H16N4O2. The van der Waals surface area contributed by atoms with E-state index in [4.69, 9.17) is 15.2 Å². The number of ether oxygens (including phenoxy) is 2. The summed E-state index contributed by atoms with van der Waals surface area (Å²) in [4.78, 5) is 4.17. The zero-order valence-electron chi connectivity index (χ0n) is 12.6. The van der Waals surface area contributed by atoms with Crippen molar-refractivity contribution in [3.63, 3.8) is 0 Å². The summed E-state index contributed by atoms with van der Waals surface area (Å²) in [5, 5.41) is 19.6. The number of aliphatic imine (C=N–C) groups is 1. The molecular weight excluding hydrogens is 280 g/mol. The predicted molar refractivity (Wildman–Crippen MR) is 78.4 cm³/mol. The fourth-order valence-electron chi connectivity index (χ4n) is 3.78. The fourth-order valence-corrected chi connectivity index (χ4v) is 3.78. The topological polar surface area (TPSA) is 104 Å². The highest BCUT2D eigenvalue weighted by Crippen LogP contribution is 2.81. The number of hydrogen-bond acceptors (Lipinski definition) is 6. The van der Waals surface area contributed by atoms with E-state index in [1.807, 2.05) is 31.2 Å². The Bertz CT molecular complexity index is 739. The highest BCUT2D eigenvalue weighted by Gasteiger charge is 2.93. The van der Waals surface area contributed by atoms with Crippen LogP contribution in [0.25, 0.3) is 0 Å². The van der Waals surface area contributed by atoms with Gasteiger partial charge in [0, 0.05) is 20.1 Å². The Morgan fingerprint density at radius 2 is 1.73 bits per heavy atom. The van der Waals surface area contributed by atoms with Gasteiger partial charge in [0.2, 0.25) is 0 Å². The largest absolute Gasteiger partial charge is 0.386 e. The Labute approximate surface area is 128 Å². The lowest BCUT2D eigenvalue weighted by molar-refractivity contribution is -0.230. The average molecular weight is 296 g/mol. The fraction of sp³-hybridized carbons (Fsp3) is 0.438. The maximum Gasteiger partial charge on any atom is 0.292 e. The molecule has 3 atom stereocenters. The van der Waals surface area contributed by atoms with Crippen LogP contribution in [0, 0.1) is 40.4 Å². The number of rotatable bonds is 3. The van der Waals surface area contributed by atoms with Crippen molar-refractivity contribution in [3.05, 3.63) is 35.4 Å². The van der Waals surface area contributed by atoms with Gasteiger partial charge in [0.25, 0.3) is 5.91 Å². The van der Waals surface area contributed by atoms with Gasteiger partial charge in [-0.2, -0.15) is 10.5 Å². The number of fused-ring (bicyclic) bond motifs is 1. The summed E-state index contributed by atoms with van der Waals surface area (Å²) in [6.45, 7) is 1.97. The van der Waals surface area contributed by atoms with Crippen LogP contribution in [0.1, 0.15) is 17.0 Å². The van der Waals surface area contributed by atoms with E-state index in [1.165, 1.54) is 14.2 Å². The zero-order valence-corrected chi connectivity index (χ0v) is 12.6. The molecule has 0 unspecified atom stereocenters. The number of nitrogens with two attached hydrogens (primary N) is 1. The molecule has 0 spiro atoms. The SMILES string of the molecule is COC1(OC)N=C(N)[C@@]2(C#N)[C@H](c3ccc(C)cc3)[C@@]12C#N. The van der Waals surface area contributed by atoms with Crippen molar-refractivity contribution in [2.24, 2.45) is 21.6 Å². The van der Waals surface area contributed by atoms with Gasteiger partial charge in [-0.3, -0.25) is 0 Å². The Morgan fingerprint density at radius 3 is 2.18 bits per heavy atom.